The standard InChI is InChI=1S/C14H14ClNOS/c1-10-3-2-4-12(7-10)18(17)9-11-5-6-13(15)14(16)8-11/h2-8H,9,16H2,1H3. The second kappa shape index (κ2) is 5.55. The molecule has 0 heterocycles. The van der Waals surface area contributed by atoms with Crippen molar-refractivity contribution in [1.29, 1.82) is 0 Å². The number of halogens is 1. The van der Waals surface area contributed by atoms with Crippen LogP contribution in [0.3, 0.4) is 0 Å². The first kappa shape index (κ1) is 13.1. The van der Waals surface area contributed by atoms with Crippen molar-refractivity contribution in [2.75, 3.05) is 5.73 Å². The van der Waals surface area contributed by atoms with Crippen molar-refractivity contribution >= 4 is 28.1 Å². The molecule has 0 aliphatic rings. The molecule has 0 saturated carbocycles. The van der Waals surface area contributed by atoms with Gasteiger partial charge in [-0.15, -0.1) is 0 Å². The Hall–Kier alpha value is -1.32. The van der Waals surface area contributed by atoms with E-state index in [2.05, 4.69) is 0 Å². The summed E-state index contributed by atoms with van der Waals surface area (Å²) in [6.07, 6.45) is 0. The molecule has 0 radical (unpaired) electrons. The predicted molar refractivity (Wildman–Crippen MR) is 77.2 cm³/mol. The summed E-state index contributed by atoms with van der Waals surface area (Å²) >= 11 is 5.85. The maximum atomic E-state index is 12.2. The van der Waals surface area contributed by atoms with E-state index in [1.807, 2.05) is 37.3 Å². The molecule has 0 aliphatic carbocycles. The lowest BCUT2D eigenvalue weighted by atomic mass is 10.2. The molecule has 0 fully saturated rings. The van der Waals surface area contributed by atoms with Crippen molar-refractivity contribution in [1.82, 2.24) is 0 Å². The fourth-order valence-electron chi connectivity index (χ4n) is 1.67. The van der Waals surface area contributed by atoms with Crippen molar-refractivity contribution in [2.24, 2.45) is 0 Å². The van der Waals surface area contributed by atoms with Gasteiger partial charge in [-0.2, -0.15) is 0 Å². The number of hydrogen-bond acceptors (Lipinski definition) is 2. The SMILES string of the molecule is Cc1cccc(S(=O)Cc2ccc(Cl)c(N)c2)c1. The van der Waals surface area contributed by atoms with Crippen LogP contribution in [0.1, 0.15) is 11.1 Å². The average molecular weight is 280 g/mol. The Balaban J connectivity index is 2.18. The summed E-state index contributed by atoms with van der Waals surface area (Å²) in [6, 6.07) is 13.1. The van der Waals surface area contributed by atoms with Crippen molar-refractivity contribution in [2.45, 2.75) is 17.6 Å². The van der Waals surface area contributed by atoms with Crippen LogP contribution in [-0.2, 0) is 16.6 Å². The van der Waals surface area contributed by atoms with E-state index in [0.29, 0.717) is 16.5 Å². The van der Waals surface area contributed by atoms with Crippen LogP contribution in [0.15, 0.2) is 47.4 Å². The Kier molecular flexibility index (Phi) is 4.04. The fourth-order valence-corrected chi connectivity index (χ4v) is 2.99. The van der Waals surface area contributed by atoms with Crippen molar-refractivity contribution in [3.8, 4) is 0 Å². The third-order valence-electron chi connectivity index (χ3n) is 2.61. The summed E-state index contributed by atoms with van der Waals surface area (Å²) in [5, 5.41) is 0.528. The molecule has 0 amide bonds. The minimum Gasteiger partial charge on any atom is -0.398 e. The highest BCUT2D eigenvalue weighted by Gasteiger charge is 2.06. The van der Waals surface area contributed by atoms with E-state index >= 15 is 0 Å². The molecule has 94 valence electrons. The van der Waals surface area contributed by atoms with Crippen molar-refractivity contribution in [3.63, 3.8) is 0 Å². The van der Waals surface area contributed by atoms with Crippen molar-refractivity contribution < 1.29 is 4.21 Å². The molecular formula is C14H14ClNOS. The van der Waals surface area contributed by atoms with Gasteiger partial charge in [0.2, 0.25) is 0 Å². The van der Waals surface area contributed by atoms with Gasteiger partial charge in [0, 0.05) is 4.90 Å². The minimum atomic E-state index is -1.06. The van der Waals surface area contributed by atoms with Crippen LogP contribution in [0.4, 0.5) is 5.69 Å². The molecular weight excluding hydrogens is 266 g/mol. The minimum absolute atomic E-state index is 0.449. The van der Waals surface area contributed by atoms with E-state index in [-0.39, 0.29) is 0 Å². The quantitative estimate of drug-likeness (QED) is 0.874. The summed E-state index contributed by atoms with van der Waals surface area (Å²) in [5.41, 5.74) is 8.29. The first-order chi connectivity index (χ1) is 8.56. The first-order valence-electron chi connectivity index (χ1n) is 5.55. The molecule has 2 N–H and O–H groups in total. The van der Waals surface area contributed by atoms with Gasteiger partial charge in [-0.3, -0.25) is 4.21 Å². The molecule has 0 aromatic heterocycles. The van der Waals surface area contributed by atoms with Crippen molar-refractivity contribution in [3.05, 3.63) is 58.6 Å². The fraction of sp³-hybridized carbons (Fsp3) is 0.143. The number of aryl methyl sites for hydroxylation is 1. The molecule has 1 atom stereocenters. The van der Waals surface area contributed by atoms with Gasteiger partial charge < -0.3 is 5.73 Å². The normalized spacial score (nSPS) is 12.3. The van der Waals surface area contributed by atoms with E-state index in [9.17, 15) is 4.21 Å². The number of anilines is 1. The zero-order chi connectivity index (χ0) is 13.1. The molecule has 2 nitrogen and oxygen atoms in total. The van der Waals surface area contributed by atoms with Gasteiger partial charge in [0.1, 0.15) is 0 Å². The zero-order valence-corrected chi connectivity index (χ0v) is 11.6. The van der Waals surface area contributed by atoms with Crippen LogP contribution in [-0.4, -0.2) is 4.21 Å². The molecule has 2 aromatic carbocycles. The van der Waals surface area contributed by atoms with Gasteiger partial charge >= 0.3 is 0 Å². The molecule has 2 rings (SSSR count). The molecule has 18 heavy (non-hydrogen) atoms. The van der Waals surface area contributed by atoms with Gasteiger partial charge in [0.05, 0.1) is 27.3 Å². The molecule has 0 saturated heterocycles. The predicted octanol–water partition coefficient (Wildman–Crippen LogP) is 3.54. The van der Waals surface area contributed by atoms with Crippen LogP contribution in [0.25, 0.3) is 0 Å². The molecule has 1 unspecified atom stereocenters. The van der Waals surface area contributed by atoms with Gasteiger partial charge in [0.15, 0.2) is 0 Å². The molecule has 0 spiro atoms. The monoisotopic (exact) mass is 279 g/mol. The molecule has 4 heteroatoms. The van der Waals surface area contributed by atoms with Crippen LogP contribution in [0.5, 0.6) is 0 Å². The van der Waals surface area contributed by atoms with E-state index in [0.717, 1.165) is 16.0 Å². The highest BCUT2D eigenvalue weighted by Crippen LogP contribution is 2.21. The Labute approximate surface area is 114 Å². The lowest BCUT2D eigenvalue weighted by Crippen LogP contribution is -1.98. The summed E-state index contributed by atoms with van der Waals surface area (Å²) < 4.78 is 12.2. The summed E-state index contributed by atoms with van der Waals surface area (Å²) in [4.78, 5) is 0.837. The second-order valence-corrected chi connectivity index (χ2v) is 6.02. The molecule has 2 aromatic rings. The van der Waals surface area contributed by atoms with Crippen LogP contribution in [0, 0.1) is 6.92 Å². The largest absolute Gasteiger partial charge is 0.398 e. The first-order valence-corrected chi connectivity index (χ1v) is 7.25. The summed E-state index contributed by atoms with van der Waals surface area (Å²) in [5.74, 6) is 0.449. The van der Waals surface area contributed by atoms with E-state index in [1.165, 1.54) is 0 Å². The van der Waals surface area contributed by atoms with Crippen LogP contribution in [0.2, 0.25) is 5.02 Å². The lowest BCUT2D eigenvalue weighted by Gasteiger charge is -2.05. The topological polar surface area (TPSA) is 43.1 Å². The van der Waals surface area contributed by atoms with Crippen LogP contribution < -0.4 is 5.73 Å². The number of hydrogen-bond donors (Lipinski definition) is 1. The molecule has 0 bridgehead atoms. The number of benzene rings is 2. The zero-order valence-electron chi connectivity index (χ0n) is 10.0. The Bertz CT molecular complexity index is 598. The van der Waals surface area contributed by atoms with E-state index < -0.39 is 10.8 Å². The van der Waals surface area contributed by atoms with Gasteiger partial charge in [-0.1, -0.05) is 29.8 Å². The third kappa shape index (κ3) is 3.12. The number of nitrogens with two attached hydrogens (primary N) is 1. The van der Waals surface area contributed by atoms with E-state index in [4.69, 9.17) is 17.3 Å². The summed E-state index contributed by atoms with van der Waals surface area (Å²) in [6.45, 7) is 1.99. The Morgan fingerprint density at radius 2 is 2.00 bits per heavy atom. The van der Waals surface area contributed by atoms with Gasteiger partial charge in [-0.05, 0) is 42.3 Å². The Morgan fingerprint density at radius 3 is 2.67 bits per heavy atom. The summed E-state index contributed by atoms with van der Waals surface area (Å²) in [7, 11) is -1.06. The smallest absolute Gasteiger partial charge is 0.0635 e. The van der Waals surface area contributed by atoms with Gasteiger partial charge in [-0.25, -0.2) is 0 Å². The number of rotatable bonds is 3. The highest BCUT2D eigenvalue weighted by atomic mass is 35.5. The average Bonchev–Trinajstić information content (AvgIpc) is 2.34. The lowest BCUT2D eigenvalue weighted by molar-refractivity contribution is 0.682. The second-order valence-electron chi connectivity index (χ2n) is 4.16. The number of nitrogen functional groups attached to an aromatic ring is 1. The van der Waals surface area contributed by atoms with Crippen LogP contribution >= 0.6 is 11.6 Å². The highest BCUT2D eigenvalue weighted by molar-refractivity contribution is 7.84. The van der Waals surface area contributed by atoms with Gasteiger partial charge in [0.25, 0.3) is 0 Å². The Morgan fingerprint density at radius 1 is 1.22 bits per heavy atom. The van der Waals surface area contributed by atoms with E-state index in [1.54, 1.807) is 12.1 Å². The maximum absolute atomic E-state index is 12.2. The molecule has 0 aliphatic heterocycles. The maximum Gasteiger partial charge on any atom is 0.0635 e. The third-order valence-corrected chi connectivity index (χ3v) is 4.33.